The first-order valence-corrected chi connectivity index (χ1v) is 9.10. The number of nitrogens with zero attached hydrogens (tertiary/aromatic N) is 1. The number of pyridine rings is 1. The molecule has 132 valence electrons. The van der Waals surface area contributed by atoms with E-state index in [1.807, 2.05) is 67.6 Å². The summed E-state index contributed by atoms with van der Waals surface area (Å²) >= 11 is 0. The summed E-state index contributed by atoms with van der Waals surface area (Å²) < 4.78 is 5.70. The van der Waals surface area contributed by atoms with Crippen LogP contribution in [0.4, 0.5) is 0 Å². The molecule has 1 amide bonds. The third kappa shape index (κ3) is 3.33. The Labute approximate surface area is 153 Å². The fourth-order valence-electron chi connectivity index (χ4n) is 3.49. The van der Waals surface area contributed by atoms with Crippen LogP contribution in [0.25, 0.3) is 22.2 Å². The molecular weight excluding hydrogens is 324 g/mol. The van der Waals surface area contributed by atoms with Crippen LogP contribution in [0.15, 0.2) is 60.7 Å². The lowest BCUT2D eigenvalue weighted by molar-refractivity contribution is 0.0713. The van der Waals surface area contributed by atoms with E-state index in [0.717, 1.165) is 41.6 Å². The van der Waals surface area contributed by atoms with Crippen molar-refractivity contribution < 1.29 is 9.53 Å². The lowest BCUT2D eigenvalue weighted by Crippen LogP contribution is -2.40. The standard InChI is InChI=1S/C22H22N2O2/c1-15(21-12-7-13-26-21)23-22(25)18-14-20(16-8-3-2-4-9-16)24-19-11-6-5-10-17(18)19/h2-6,8-11,14-15,21H,7,12-13H2,1H3,(H,23,25)/t15-,21+/m0/s1. The summed E-state index contributed by atoms with van der Waals surface area (Å²) in [5.41, 5.74) is 3.28. The maximum Gasteiger partial charge on any atom is 0.252 e. The highest BCUT2D eigenvalue weighted by Crippen LogP contribution is 2.25. The second-order valence-corrected chi connectivity index (χ2v) is 6.75. The lowest BCUT2D eigenvalue weighted by Gasteiger charge is -2.20. The van der Waals surface area contributed by atoms with E-state index in [4.69, 9.17) is 9.72 Å². The second kappa shape index (κ2) is 7.26. The average Bonchev–Trinajstić information content (AvgIpc) is 3.23. The van der Waals surface area contributed by atoms with E-state index < -0.39 is 0 Å². The average molecular weight is 346 g/mol. The predicted molar refractivity (Wildman–Crippen MR) is 103 cm³/mol. The maximum absolute atomic E-state index is 13.0. The number of carbonyl (C=O) groups is 1. The number of rotatable bonds is 4. The molecule has 4 heteroatoms. The van der Waals surface area contributed by atoms with Crippen LogP contribution >= 0.6 is 0 Å². The van der Waals surface area contributed by atoms with Crippen molar-refractivity contribution in [3.8, 4) is 11.3 Å². The number of amides is 1. The quantitative estimate of drug-likeness (QED) is 0.770. The van der Waals surface area contributed by atoms with Crippen LogP contribution in [-0.2, 0) is 4.74 Å². The number of hydrogen-bond donors (Lipinski definition) is 1. The first-order chi connectivity index (χ1) is 12.7. The number of para-hydroxylation sites is 1. The molecule has 1 aliphatic heterocycles. The Morgan fingerprint density at radius 1 is 1.15 bits per heavy atom. The smallest absolute Gasteiger partial charge is 0.252 e. The number of fused-ring (bicyclic) bond motifs is 1. The normalized spacial score (nSPS) is 18.0. The van der Waals surface area contributed by atoms with Gasteiger partial charge in [0.05, 0.1) is 28.9 Å². The molecule has 26 heavy (non-hydrogen) atoms. The van der Waals surface area contributed by atoms with Crippen LogP contribution in [0.3, 0.4) is 0 Å². The van der Waals surface area contributed by atoms with Crippen LogP contribution in [0.5, 0.6) is 0 Å². The Morgan fingerprint density at radius 2 is 1.92 bits per heavy atom. The van der Waals surface area contributed by atoms with Gasteiger partial charge in [-0.1, -0.05) is 48.5 Å². The molecule has 0 spiro atoms. The Bertz CT molecular complexity index is 918. The summed E-state index contributed by atoms with van der Waals surface area (Å²) in [6.07, 6.45) is 2.15. The molecule has 4 rings (SSSR count). The van der Waals surface area contributed by atoms with Gasteiger partial charge in [0.1, 0.15) is 0 Å². The zero-order valence-electron chi connectivity index (χ0n) is 14.8. The summed E-state index contributed by atoms with van der Waals surface area (Å²) in [7, 11) is 0. The van der Waals surface area contributed by atoms with Crippen LogP contribution < -0.4 is 5.32 Å². The van der Waals surface area contributed by atoms with Gasteiger partial charge < -0.3 is 10.1 Å². The molecule has 2 atom stereocenters. The molecule has 1 saturated heterocycles. The molecule has 2 heterocycles. The van der Waals surface area contributed by atoms with Gasteiger partial charge in [-0.15, -0.1) is 0 Å². The minimum atomic E-state index is -0.0798. The highest BCUT2D eigenvalue weighted by atomic mass is 16.5. The molecule has 1 N–H and O–H groups in total. The number of nitrogens with one attached hydrogen (secondary N) is 1. The highest BCUT2D eigenvalue weighted by Gasteiger charge is 2.25. The summed E-state index contributed by atoms with van der Waals surface area (Å²) in [5.74, 6) is -0.0798. The van der Waals surface area contributed by atoms with Crippen LogP contribution in [-0.4, -0.2) is 29.6 Å². The summed E-state index contributed by atoms with van der Waals surface area (Å²) in [5, 5.41) is 3.98. The molecule has 4 nitrogen and oxygen atoms in total. The van der Waals surface area contributed by atoms with Gasteiger partial charge in [-0.25, -0.2) is 4.98 Å². The molecule has 1 aliphatic rings. The fourth-order valence-corrected chi connectivity index (χ4v) is 3.49. The molecule has 0 unspecified atom stereocenters. The first-order valence-electron chi connectivity index (χ1n) is 9.10. The van der Waals surface area contributed by atoms with Crippen LogP contribution in [0, 0.1) is 0 Å². The number of ether oxygens (including phenoxy) is 1. The molecule has 0 aliphatic carbocycles. The minimum absolute atomic E-state index is 0.0166. The van der Waals surface area contributed by atoms with Gasteiger partial charge in [-0.3, -0.25) is 4.79 Å². The topological polar surface area (TPSA) is 51.2 Å². The molecule has 0 bridgehead atoms. The van der Waals surface area contributed by atoms with E-state index in [-0.39, 0.29) is 18.1 Å². The predicted octanol–water partition coefficient (Wildman–Crippen LogP) is 4.20. The van der Waals surface area contributed by atoms with Gasteiger partial charge in [-0.05, 0) is 31.9 Å². The molecule has 0 saturated carbocycles. The van der Waals surface area contributed by atoms with E-state index in [9.17, 15) is 4.79 Å². The van der Waals surface area contributed by atoms with Crippen molar-refractivity contribution in [1.29, 1.82) is 0 Å². The van der Waals surface area contributed by atoms with Gasteiger partial charge in [0.2, 0.25) is 0 Å². The van der Waals surface area contributed by atoms with Gasteiger partial charge >= 0.3 is 0 Å². The van der Waals surface area contributed by atoms with E-state index in [2.05, 4.69) is 5.32 Å². The minimum Gasteiger partial charge on any atom is -0.376 e. The van der Waals surface area contributed by atoms with Gasteiger partial charge in [0, 0.05) is 17.6 Å². The Morgan fingerprint density at radius 3 is 2.69 bits per heavy atom. The van der Waals surface area contributed by atoms with Crippen LogP contribution in [0.1, 0.15) is 30.1 Å². The van der Waals surface area contributed by atoms with Gasteiger partial charge in [0.15, 0.2) is 0 Å². The third-order valence-corrected chi connectivity index (χ3v) is 4.91. The molecule has 1 aromatic heterocycles. The summed E-state index contributed by atoms with van der Waals surface area (Å²) in [4.78, 5) is 17.8. The van der Waals surface area contributed by atoms with Gasteiger partial charge in [-0.2, -0.15) is 0 Å². The van der Waals surface area contributed by atoms with Crippen LogP contribution in [0.2, 0.25) is 0 Å². The number of carbonyl (C=O) groups excluding carboxylic acids is 1. The number of hydrogen-bond acceptors (Lipinski definition) is 3. The lowest BCUT2D eigenvalue weighted by atomic mass is 10.0. The summed E-state index contributed by atoms with van der Waals surface area (Å²) in [6.45, 7) is 2.79. The van der Waals surface area contributed by atoms with Crippen molar-refractivity contribution in [3.05, 3.63) is 66.2 Å². The van der Waals surface area contributed by atoms with Crippen molar-refractivity contribution >= 4 is 16.8 Å². The van der Waals surface area contributed by atoms with Crippen molar-refractivity contribution in [3.63, 3.8) is 0 Å². The second-order valence-electron chi connectivity index (χ2n) is 6.75. The molecule has 3 aromatic rings. The molecule has 1 fully saturated rings. The molecule has 2 aromatic carbocycles. The maximum atomic E-state index is 13.0. The largest absolute Gasteiger partial charge is 0.376 e. The van der Waals surface area contributed by atoms with Crippen molar-refractivity contribution in [2.24, 2.45) is 0 Å². The monoisotopic (exact) mass is 346 g/mol. The molecule has 0 radical (unpaired) electrons. The van der Waals surface area contributed by atoms with Crippen molar-refractivity contribution in [2.75, 3.05) is 6.61 Å². The summed E-state index contributed by atoms with van der Waals surface area (Å²) in [6, 6.07) is 19.6. The Balaban J connectivity index is 1.71. The zero-order valence-corrected chi connectivity index (χ0v) is 14.8. The molecular formula is C22H22N2O2. The first kappa shape index (κ1) is 16.7. The fraction of sp³-hybridized carbons (Fsp3) is 0.273. The van der Waals surface area contributed by atoms with E-state index in [0.29, 0.717) is 5.56 Å². The highest BCUT2D eigenvalue weighted by molar-refractivity contribution is 6.07. The third-order valence-electron chi connectivity index (χ3n) is 4.91. The SMILES string of the molecule is C[C@H](NC(=O)c1cc(-c2ccccc2)nc2ccccc12)[C@H]1CCCO1. The number of aromatic nitrogens is 1. The number of benzene rings is 2. The Kier molecular flexibility index (Phi) is 4.67. The van der Waals surface area contributed by atoms with Crippen molar-refractivity contribution in [2.45, 2.75) is 31.9 Å². The zero-order chi connectivity index (χ0) is 17.9. The van der Waals surface area contributed by atoms with E-state index in [1.165, 1.54) is 0 Å². The van der Waals surface area contributed by atoms with E-state index in [1.54, 1.807) is 0 Å². The van der Waals surface area contributed by atoms with Crippen molar-refractivity contribution in [1.82, 2.24) is 10.3 Å². The Hall–Kier alpha value is -2.72. The van der Waals surface area contributed by atoms with E-state index >= 15 is 0 Å². The van der Waals surface area contributed by atoms with Gasteiger partial charge in [0.25, 0.3) is 5.91 Å².